The predicted molar refractivity (Wildman–Crippen MR) is 116 cm³/mol. The summed E-state index contributed by atoms with van der Waals surface area (Å²) in [6.07, 6.45) is 0. The number of nitrogens with one attached hydrogen (secondary N) is 1. The number of ether oxygens (including phenoxy) is 3. The average Bonchev–Trinajstić information content (AvgIpc) is 2.79. The Hall–Kier alpha value is -3.80. The number of carbonyl (C=O) groups excluding carboxylic acids is 1. The standard InChI is InChI=1S/C24H24N2O4/c1-17-14-20(28-2)24(21(15-17)29-3)30-16-22(27)25-26-23(18-10-6-4-7-11-18)19-12-8-5-9-13-19/h4-15H,16H2,1-3H3,(H,25,27). The maximum Gasteiger partial charge on any atom is 0.277 e. The van der Waals surface area contributed by atoms with E-state index in [2.05, 4.69) is 10.5 Å². The number of methoxy groups -OCH3 is 2. The lowest BCUT2D eigenvalue weighted by molar-refractivity contribution is -0.123. The Bertz CT molecular complexity index is 951. The molecule has 3 aromatic carbocycles. The van der Waals surface area contributed by atoms with Crippen LogP contribution in [0.3, 0.4) is 0 Å². The number of hydrogen-bond donors (Lipinski definition) is 1. The lowest BCUT2D eigenvalue weighted by Gasteiger charge is -2.15. The fraction of sp³-hybridized carbons (Fsp3) is 0.167. The van der Waals surface area contributed by atoms with Crippen molar-refractivity contribution >= 4 is 11.6 Å². The molecule has 0 aliphatic rings. The fourth-order valence-electron chi connectivity index (χ4n) is 2.93. The molecule has 30 heavy (non-hydrogen) atoms. The van der Waals surface area contributed by atoms with Gasteiger partial charge in [0.05, 0.1) is 19.9 Å². The first-order valence-electron chi connectivity index (χ1n) is 9.45. The van der Waals surface area contributed by atoms with E-state index in [0.717, 1.165) is 16.7 Å². The van der Waals surface area contributed by atoms with Crippen molar-refractivity contribution in [2.45, 2.75) is 6.92 Å². The third kappa shape index (κ3) is 5.17. The molecule has 0 aliphatic carbocycles. The minimum atomic E-state index is -0.399. The Morgan fingerprint density at radius 1 is 0.867 bits per heavy atom. The Balaban J connectivity index is 1.76. The normalized spacial score (nSPS) is 10.1. The summed E-state index contributed by atoms with van der Waals surface area (Å²) in [4.78, 5) is 12.4. The van der Waals surface area contributed by atoms with E-state index in [1.165, 1.54) is 14.2 Å². The van der Waals surface area contributed by atoms with Gasteiger partial charge in [0.1, 0.15) is 0 Å². The molecule has 0 radical (unpaired) electrons. The summed E-state index contributed by atoms with van der Waals surface area (Å²) in [5, 5.41) is 4.35. The zero-order valence-electron chi connectivity index (χ0n) is 17.2. The quantitative estimate of drug-likeness (QED) is 0.456. The van der Waals surface area contributed by atoms with E-state index in [0.29, 0.717) is 23.0 Å². The van der Waals surface area contributed by atoms with E-state index in [4.69, 9.17) is 14.2 Å². The zero-order valence-corrected chi connectivity index (χ0v) is 17.2. The van der Waals surface area contributed by atoms with Gasteiger partial charge in [-0.25, -0.2) is 5.43 Å². The predicted octanol–water partition coefficient (Wildman–Crippen LogP) is 3.96. The molecule has 0 aromatic heterocycles. The molecular formula is C24H24N2O4. The summed E-state index contributed by atoms with van der Waals surface area (Å²) in [7, 11) is 3.08. The van der Waals surface area contributed by atoms with E-state index in [9.17, 15) is 4.79 Å². The van der Waals surface area contributed by atoms with E-state index in [-0.39, 0.29) is 6.61 Å². The molecular weight excluding hydrogens is 380 g/mol. The van der Waals surface area contributed by atoms with Gasteiger partial charge in [-0.2, -0.15) is 5.10 Å². The molecule has 6 heteroatoms. The van der Waals surface area contributed by atoms with Gasteiger partial charge in [0.25, 0.3) is 5.91 Å². The van der Waals surface area contributed by atoms with E-state index in [1.807, 2.05) is 79.7 Å². The highest BCUT2D eigenvalue weighted by Gasteiger charge is 2.15. The highest BCUT2D eigenvalue weighted by Crippen LogP contribution is 2.38. The third-order valence-electron chi connectivity index (χ3n) is 4.34. The molecule has 6 nitrogen and oxygen atoms in total. The molecule has 1 N–H and O–H groups in total. The number of amides is 1. The first-order valence-corrected chi connectivity index (χ1v) is 9.45. The number of hydrazone groups is 1. The van der Waals surface area contributed by atoms with Gasteiger partial charge in [-0.05, 0) is 24.6 Å². The van der Waals surface area contributed by atoms with Gasteiger partial charge in [-0.3, -0.25) is 4.79 Å². The van der Waals surface area contributed by atoms with Crippen molar-refractivity contribution in [1.29, 1.82) is 0 Å². The maximum atomic E-state index is 12.4. The molecule has 0 fully saturated rings. The summed E-state index contributed by atoms with van der Waals surface area (Å²) in [6.45, 7) is 1.68. The molecule has 3 aromatic rings. The second kappa shape index (κ2) is 10.1. The minimum Gasteiger partial charge on any atom is -0.493 e. The second-order valence-electron chi connectivity index (χ2n) is 6.51. The first kappa shape index (κ1) is 20.9. The lowest BCUT2D eigenvalue weighted by atomic mass is 10.0. The lowest BCUT2D eigenvalue weighted by Crippen LogP contribution is -2.26. The van der Waals surface area contributed by atoms with Crippen LogP contribution in [0.5, 0.6) is 17.2 Å². The molecule has 0 unspecified atom stereocenters. The van der Waals surface area contributed by atoms with Crippen molar-refractivity contribution in [2.24, 2.45) is 5.10 Å². The highest BCUT2D eigenvalue weighted by atomic mass is 16.5. The molecule has 0 spiro atoms. The molecule has 0 bridgehead atoms. The van der Waals surface area contributed by atoms with Crippen molar-refractivity contribution in [1.82, 2.24) is 5.43 Å². The Morgan fingerprint density at radius 3 is 1.83 bits per heavy atom. The molecule has 0 aliphatic heterocycles. The number of nitrogens with zero attached hydrogens (tertiary/aromatic N) is 1. The maximum absolute atomic E-state index is 12.4. The number of hydrogen-bond acceptors (Lipinski definition) is 5. The van der Waals surface area contributed by atoms with Gasteiger partial charge in [0.15, 0.2) is 18.1 Å². The molecule has 1 amide bonds. The topological polar surface area (TPSA) is 69.2 Å². The van der Waals surface area contributed by atoms with Gasteiger partial charge in [0, 0.05) is 11.1 Å². The van der Waals surface area contributed by atoms with Crippen molar-refractivity contribution < 1.29 is 19.0 Å². The third-order valence-corrected chi connectivity index (χ3v) is 4.34. The van der Waals surface area contributed by atoms with Crippen LogP contribution < -0.4 is 19.6 Å². The average molecular weight is 404 g/mol. The Kier molecular flexibility index (Phi) is 7.05. The van der Waals surface area contributed by atoms with Crippen LogP contribution in [0.25, 0.3) is 0 Å². The van der Waals surface area contributed by atoms with Gasteiger partial charge in [0.2, 0.25) is 5.75 Å². The van der Waals surface area contributed by atoms with Crippen molar-refractivity contribution in [3.05, 3.63) is 89.5 Å². The van der Waals surface area contributed by atoms with E-state index in [1.54, 1.807) is 0 Å². The van der Waals surface area contributed by atoms with Crippen LogP contribution in [0.1, 0.15) is 16.7 Å². The van der Waals surface area contributed by atoms with Crippen LogP contribution in [0.4, 0.5) is 0 Å². The van der Waals surface area contributed by atoms with Crippen LogP contribution in [0.15, 0.2) is 77.9 Å². The molecule has 154 valence electrons. The highest BCUT2D eigenvalue weighted by molar-refractivity contribution is 6.13. The van der Waals surface area contributed by atoms with Crippen LogP contribution in [-0.2, 0) is 4.79 Å². The number of benzene rings is 3. The van der Waals surface area contributed by atoms with Crippen LogP contribution in [-0.4, -0.2) is 32.4 Å². The monoisotopic (exact) mass is 404 g/mol. The molecule has 3 rings (SSSR count). The van der Waals surface area contributed by atoms with E-state index >= 15 is 0 Å². The van der Waals surface area contributed by atoms with Gasteiger partial charge >= 0.3 is 0 Å². The van der Waals surface area contributed by atoms with E-state index < -0.39 is 5.91 Å². The molecule has 0 saturated heterocycles. The van der Waals surface area contributed by atoms with Gasteiger partial charge < -0.3 is 14.2 Å². The van der Waals surface area contributed by atoms with Crippen LogP contribution in [0, 0.1) is 6.92 Å². The fourth-order valence-corrected chi connectivity index (χ4v) is 2.93. The summed E-state index contributed by atoms with van der Waals surface area (Å²) in [5.74, 6) is 0.968. The number of carbonyl (C=O) groups is 1. The molecule has 0 atom stereocenters. The van der Waals surface area contributed by atoms with Crippen molar-refractivity contribution in [2.75, 3.05) is 20.8 Å². The Morgan fingerprint density at radius 2 is 1.37 bits per heavy atom. The molecule has 0 heterocycles. The minimum absolute atomic E-state index is 0.240. The number of rotatable bonds is 8. The zero-order chi connectivity index (χ0) is 21.3. The molecule has 0 saturated carbocycles. The summed E-state index contributed by atoms with van der Waals surface area (Å²) in [6, 6.07) is 23.0. The largest absolute Gasteiger partial charge is 0.493 e. The van der Waals surface area contributed by atoms with Crippen molar-refractivity contribution in [3.8, 4) is 17.2 Å². The Labute approximate surface area is 176 Å². The van der Waals surface area contributed by atoms with Crippen molar-refractivity contribution in [3.63, 3.8) is 0 Å². The first-order chi connectivity index (χ1) is 14.6. The van der Waals surface area contributed by atoms with Gasteiger partial charge in [-0.1, -0.05) is 60.7 Å². The van der Waals surface area contributed by atoms with Crippen LogP contribution in [0.2, 0.25) is 0 Å². The SMILES string of the molecule is COc1cc(C)cc(OC)c1OCC(=O)NN=C(c1ccccc1)c1ccccc1. The summed E-state index contributed by atoms with van der Waals surface area (Å²) >= 11 is 0. The van der Waals surface area contributed by atoms with Gasteiger partial charge in [-0.15, -0.1) is 0 Å². The smallest absolute Gasteiger partial charge is 0.277 e. The summed E-state index contributed by atoms with van der Waals surface area (Å²) < 4.78 is 16.4. The second-order valence-corrected chi connectivity index (χ2v) is 6.51. The number of aryl methyl sites for hydroxylation is 1. The van der Waals surface area contributed by atoms with Crippen LogP contribution >= 0.6 is 0 Å². The summed E-state index contributed by atoms with van der Waals surface area (Å²) in [5.41, 5.74) is 5.99.